The third kappa shape index (κ3) is 27.1. The molecule has 8 aromatic rings. The summed E-state index contributed by atoms with van der Waals surface area (Å²) in [7, 11) is -1.34. The molecule has 0 heterocycles. The lowest BCUT2D eigenvalue weighted by Crippen LogP contribution is -2.29. The summed E-state index contributed by atoms with van der Waals surface area (Å²) in [5, 5.41) is 23.8. The number of hydrogen-bond acceptors (Lipinski definition) is 4. The molecule has 0 atom stereocenters. The predicted molar refractivity (Wildman–Crippen MR) is 265 cm³/mol. The van der Waals surface area contributed by atoms with Crippen LogP contribution in [0.4, 0.5) is 22.7 Å². The molecule has 5 heteroatoms. The van der Waals surface area contributed by atoms with Crippen molar-refractivity contribution in [3.63, 3.8) is 0 Å². The van der Waals surface area contributed by atoms with Crippen LogP contribution in [0.15, 0.2) is 243 Å². The molecular weight excluding hydrogens is 731 g/mol. The van der Waals surface area contributed by atoms with Gasteiger partial charge < -0.3 is 20.7 Å². The van der Waals surface area contributed by atoms with Crippen molar-refractivity contribution in [2.45, 2.75) is 48.5 Å². The first-order valence-electron chi connectivity index (χ1n) is 20.6. The van der Waals surface area contributed by atoms with E-state index in [0.717, 1.165) is 22.7 Å². The Labute approximate surface area is 362 Å². The van der Waals surface area contributed by atoms with Crippen molar-refractivity contribution in [1.82, 2.24) is 0 Å². The van der Waals surface area contributed by atoms with Crippen molar-refractivity contribution in [2.75, 3.05) is 10.6 Å². The molecule has 0 amide bonds. The van der Waals surface area contributed by atoms with Crippen LogP contribution < -0.4 is 16.1 Å². The van der Waals surface area contributed by atoms with Gasteiger partial charge in [0.15, 0.2) is 0 Å². The Morgan fingerprint density at radius 1 is 0.267 bits per heavy atom. The zero-order valence-electron chi connectivity index (χ0n) is 36.6. The molecular formula is C55H65BN2O2. The zero-order chi connectivity index (χ0) is 43.9. The zero-order valence-corrected chi connectivity index (χ0v) is 36.6. The molecule has 0 saturated carbocycles. The fourth-order valence-electron chi connectivity index (χ4n) is 4.65. The molecule has 0 bridgehead atoms. The fourth-order valence-corrected chi connectivity index (χ4v) is 4.65. The number of rotatable bonds is 5. The smallest absolute Gasteiger partial charge is 0.423 e. The van der Waals surface area contributed by atoms with Crippen LogP contribution in [0.3, 0.4) is 0 Å². The van der Waals surface area contributed by atoms with Gasteiger partial charge in [0.25, 0.3) is 0 Å². The molecule has 60 heavy (non-hydrogen) atoms. The van der Waals surface area contributed by atoms with Crippen LogP contribution in [0.2, 0.25) is 0 Å². The Morgan fingerprint density at radius 2 is 0.433 bits per heavy atom. The molecule has 310 valence electrons. The highest BCUT2D eigenvalue weighted by Gasteiger charge is 2.07. The van der Waals surface area contributed by atoms with Gasteiger partial charge in [-0.05, 0) is 74.8 Å². The highest BCUT2D eigenvalue weighted by atomic mass is 16.4. The van der Waals surface area contributed by atoms with Gasteiger partial charge in [0.05, 0.1) is 0 Å². The largest absolute Gasteiger partial charge is 0.488 e. The van der Waals surface area contributed by atoms with Crippen molar-refractivity contribution in [1.29, 1.82) is 0 Å². The van der Waals surface area contributed by atoms with Crippen molar-refractivity contribution in [2.24, 2.45) is 0 Å². The van der Waals surface area contributed by atoms with Gasteiger partial charge in [-0.3, -0.25) is 0 Å². The van der Waals surface area contributed by atoms with E-state index in [2.05, 4.69) is 67.8 Å². The molecule has 8 rings (SSSR count). The van der Waals surface area contributed by atoms with Gasteiger partial charge in [0.1, 0.15) is 0 Å². The predicted octanol–water partition coefficient (Wildman–Crippen LogP) is 14.3. The van der Waals surface area contributed by atoms with Crippen molar-refractivity contribution in [3.05, 3.63) is 259 Å². The van der Waals surface area contributed by atoms with E-state index in [1.54, 1.807) is 24.3 Å². The number of anilines is 4. The maximum Gasteiger partial charge on any atom is 0.488 e. The van der Waals surface area contributed by atoms with E-state index in [0.29, 0.717) is 5.46 Å². The normalized spacial score (nSPS) is 8.75. The Hall–Kier alpha value is -6.66. The highest BCUT2D eigenvalue weighted by Crippen LogP contribution is 2.15. The van der Waals surface area contributed by atoms with Gasteiger partial charge in [-0.15, -0.1) is 0 Å². The summed E-state index contributed by atoms with van der Waals surface area (Å²) in [5.74, 6) is 0. The summed E-state index contributed by atoms with van der Waals surface area (Å²) in [6.07, 6.45) is 0. The van der Waals surface area contributed by atoms with Gasteiger partial charge >= 0.3 is 7.12 Å². The minimum atomic E-state index is -1.34. The topological polar surface area (TPSA) is 64.5 Å². The second-order valence-corrected chi connectivity index (χ2v) is 12.5. The summed E-state index contributed by atoms with van der Waals surface area (Å²) in [6, 6.07) is 80.0. The average Bonchev–Trinajstić information content (AvgIpc) is 3.31. The number of aryl methyl sites for hydroxylation is 3. The lowest BCUT2D eigenvalue weighted by Gasteiger charge is -2.04. The maximum absolute atomic E-state index is 8.58. The van der Waals surface area contributed by atoms with Crippen molar-refractivity contribution >= 4 is 35.3 Å². The minimum Gasteiger partial charge on any atom is -0.423 e. The molecule has 0 aliphatic rings. The summed E-state index contributed by atoms with van der Waals surface area (Å²) in [6.45, 7) is 14.3. The third-order valence-corrected chi connectivity index (χ3v) is 7.59. The molecule has 0 aliphatic heterocycles. The summed E-state index contributed by atoms with van der Waals surface area (Å²) < 4.78 is 0. The first-order chi connectivity index (χ1) is 29.4. The van der Waals surface area contributed by atoms with E-state index < -0.39 is 7.12 Å². The maximum atomic E-state index is 8.58. The SMILES string of the molecule is CC.CC.Cc1ccccc1.Cc1ccccc1.Cc1ccccc1.OB(O)c1ccccc1.c1ccc(Nc2ccccc2)cc1.c1ccc(Nc2ccccc2)cc1. The van der Waals surface area contributed by atoms with E-state index in [-0.39, 0.29) is 0 Å². The summed E-state index contributed by atoms with van der Waals surface area (Å²) in [5.41, 5.74) is 8.97. The van der Waals surface area contributed by atoms with Crippen LogP contribution in [-0.4, -0.2) is 17.2 Å². The van der Waals surface area contributed by atoms with E-state index in [4.69, 9.17) is 10.0 Å². The van der Waals surface area contributed by atoms with E-state index in [1.165, 1.54) is 16.7 Å². The summed E-state index contributed by atoms with van der Waals surface area (Å²) >= 11 is 0. The molecule has 4 N–H and O–H groups in total. The fraction of sp³-hybridized carbons (Fsp3) is 0.127. The van der Waals surface area contributed by atoms with Crippen LogP contribution in [0.25, 0.3) is 0 Å². The van der Waals surface area contributed by atoms with Crippen LogP contribution in [0.1, 0.15) is 44.4 Å². The Kier molecular flexibility index (Phi) is 30.4. The Bertz CT molecular complexity index is 1820. The standard InChI is InChI=1S/2C12H11N.3C7H8.C6H7BO2.2C2H6/c2*1-3-7-11(8-4-1)13-12-9-5-2-6-10-12;3*1-7-5-3-2-4-6-7;8-7(9)6-4-2-1-3-5-6;2*1-2/h2*1-10,13H;3*2-6H,1H3;1-5,8-9H;2*1-2H3. The lowest BCUT2D eigenvalue weighted by atomic mass is 9.81. The minimum absolute atomic E-state index is 0.525. The number of benzene rings is 8. The van der Waals surface area contributed by atoms with E-state index in [9.17, 15) is 0 Å². The number of nitrogens with one attached hydrogen (secondary N) is 2. The lowest BCUT2D eigenvalue weighted by molar-refractivity contribution is 0.426. The molecule has 0 fully saturated rings. The summed E-state index contributed by atoms with van der Waals surface area (Å²) in [4.78, 5) is 0. The second kappa shape index (κ2) is 35.5. The molecule has 8 aromatic carbocycles. The average molecular weight is 797 g/mol. The molecule has 0 unspecified atom stereocenters. The van der Waals surface area contributed by atoms with Gasteiger partial charge in [-0.2, -0.15) is 0 Å². The van der Waals surface area contributed by atoms with Crippen molar-refractivity contribution < 1.29 is 10.0 Å². The molecule has 4 nitrogen and oxygen atoms in total. The highest BCUT2D eigenvalue weighted by molar-refractivity contribution is 6.58. The Balaban J connectivity index is 0.000000361. The van der Waals surface area contributed by atoms with E-state index in [1.807, 2.05) is 210 Å². The monoisotopic (exact) mass is 797 g/mol. The van der Waals surface area contributed by atoms with Crippen LogP contribution >= 0.6 is 0 Å². The van der Waals surface area contributed by atoms with Crippen LogP contribution in [0.5, 0.6) is 0 Å². The number of hydrogen-bond donors (Lipinski definition) is 4. The molecule has 0 aromatic heterocycles. The molecule has 0 aliphatic carbocycles. The second-order valence-electron chi connectivity index (χ2n) is 12.5. The molecule has 0 spiro atoms. The van der Waals surface area contributed by atoms with Gasteiger partial charge in [-0.1, -0.05) is 239 Å². The van der Waals surface area contributed by atoms with Crippen molar-refractivity contribution in [3.8, 4) is 0 Å². The van der Waals surface area contributed by atoms with Gasteiger partial charge in [0.2, 0.25) is 0 Å². The van der Waals surface area contributed by atoms with Crippen LogP contribution in [-0.2, 0) is 0 Å². The molecule has 0 radical (unpaired) electrons. The van der Waals surface area contributed by atoms with Crippen LogP contribution in [0, 0.1) is 20.8 Å². The first kappa shape index (κ1) is 51.4. The van der Waals surface area contributed by atoms with E-state index >= 15 is 0 Å². The first-order valence-corrected chi connectivity index (χ1v) is 20.6. The third-order valence-electron chi connectivity index (χ3n) is 7.59. The van der Waals surface area contributed by atoms with Gasteiger partial charge in [0, 0.05) is 22.7 Å². The van der Waals surface area contributed by atoms with Gasteiger partial charge in [-0.25, -0.2) is 0 Å². The quantitative estimate of drug-likeness (QED) is 0.131. The number of para-hydroxylation sites is 4. The Morgan fingerprint density at radius 3 is 0.567 bits per heavy atom. The molecule has 0 saturated heterocycles.